The average Bonchev–Trinajstić information content (AvgIpc) is 3.89. The van der Waals surface area contributed by atoms with E-state index in [9.17, 15) is 19.5 Å². The van der Waals surface area contributed by atoms with E-state index >= 15 is 0 Å². The number of carbonyl (C=O) groups excluding carboxylic acids is 3. The first-order valence-corrected chi connectivity index (χ1v) is 13.7. The molecule has 3 heterocycles. The lowest BCUT2D eigenvalue weighted by Crippen LogP contribution is -2.30. The number of hydrogen-bond donors (Lipinski definition) is 1. The topological polar surface area (TPSA) is 141 Å². The molecule has 0 aliphatic carbocycles. The van der Waals surface area contributed by atoms with Crippen molar-refractivity contribution in [2.45, 2.75) is 58.2 Å². The lowest BCUT2D eigenvalue weighted by molar-refractivity contribution is -0.144. The van der Waals surface area contributed by atoms with E-state index in [1.807, 2.05) is 19.1 Å². The molecule has 0 radical (unpaired) electrons. The van der Waals surface area contributed by atoms with Crippen molar-refractivity contribution in [1.82, 2.24) is 4.57 Å². The van der Waals surface area contributed by atoms with Gasteiger partial charge in [0.1, 0.15) is 18.3 Å². The van der Waals surface area contributed by atoms with Crippen molar-refractivity contribution in [2.24, 2.45) is 5.16 Å². The Hall–Kier alpha value is -3.48. The minimum atomic E-state index is -1.52. The van der Waals surface area contributed by atoms with E-state index in [1.165, 1.54) is 13.8 Å². The van der Waals surface area contributed by atoms with Gasteiger partial charge in [0, 0.05) is 39.5 Å². The number of epoxide rings is 2. The van der Waals surface area contributed by atoms with Crippen LogP contribution in [0.3, 0.4) is 0 Å². The van der Waals surface area contributed by atoms with Crippen molar-refractivity contribution < 1.29 is 43.3 Å². The lowest BCUT2D eigenvalue weighted by Gasteiger charge is -2.15. The number of ketones is 2. The number of oxime groups is 1. The highest BCUT2D eigenvalue weighted by atomic mass is 16.8. The molecule has 2 atom stereocenters. The molecule has 218 valence electrons. The number of nitrogens with zero attached hydrogens (tertiary/aromatic N) is 2. The molecule has 2 fully saturated rings. The van der Waals surface area contributed by atoms with E-state index in [2.05, 4.69) is 9.72 Å². The second-order valence-electron chi connectivity index (χ2n) is 10.6. The highest BCUT2D eigenvalue weighted by Gasteiger charge is 2.27. The molecule has 11 heteroatoms. The molecule has 2 unspecified atom stereocenters. The monoisotopic (exact) mass is 566 g/mol. The molecule has 0 saturated carbocycles. The number of rotatable bonds is 15. The number of benzene rings is 2. The summed E-state index contributed by atoms with van der Waals surface area (Å²) in [6.45, 7) is 7.24. The Kier molecular flexibility index (Phi) is 8.62. The van der Waals surface area contributed by atoms with Crippen molar-refractivity contribution >= 4 is 45.1 Å². The van der Waals surface area contributed by atoms with Gasteiger partial charge in [-0.3, -0.25) is 9.59 Å². The number of carbonyl (C=O) groups is 3. The van der Waals surface area contributed by atoms with Crippen LogP contribution in [0.5, 0.6) is 0 Å². The third-order valence-corrected chi connectivity index (χ3v) is 6.86. The fourth-order valence-electron chi connectivity index (χ4n) is 4.55. The van der Waals surface area contributed by atoms with Crippen LogP contribution >= 0.6 is 0 Å². The van der Waals surface area contributed by atoms with Gasteiger partial charge in [-0.2, -0.15) is 0 Å². The molecule has 5 rings (SSSR count). The number of aryl methyl sites for hydroxylation is 1. The van der Waals surface area contributed by atoms with Gasteiger partial charge in [-0.05, 0) is 63.6 Å². The summed E-state index contributed by atoms with van der Waals surface area (Å²) in [5.41, 5.74) is 0.899. The van der Waals surface area contributed by atoms with Gasteiger partial charge in [-0.15, -0.1) is 0 Å². The van der Waals surface area contributed by atoms with Crippen molar-refractivity contribution in [3.8, 4) is 0 Å². The zero-order valence-corrected chi connectivity index (χ0v) is 23.4. The van der Waals surface area contributed by atoms with Gasteiger partial charge in [0.15, 0.2) is 17.8 Å². The van der Waals surface area contributed by atoms with E-state index in [1.54, 1.807) is 24.3 Å². The fraction of sp³-hybridized carbons (Fsp3) is 0.467. The summed E-state index contributed by atoms with van der Waals surface area (Å²) in [6, 6.07) is 10.6. The van der Waals surface area contributed by atoms with Crippen molar-refractivity contribution in [2.75, 3.05) is 33.0 Å². The smallest absolute Gasteiger partial charge is 0.335 e. The van der Waals surface area contributed by atoms with Gasteiger partial charge in [-0.25, -0.2) is 4.79 Å². The molecule has 11 nitrogen and oxygen atoms in total. The third kappa shape index (κ3) is 7.06. The summed E-state index contributed by atoms with van der Waals surface area (Å²) < 4.78 is 23.2. The summed E-state index contributed by atoms with van der Waals surface area (Å²) in [5.74, 6) is -1.44. The second-order valence-corrected chi connectivity index (χ2v) is 10.6. The molecular weight excluding hydrogens is 532 g/mol. The Bertz CT molecular complexity index is 1490. The number of fused-ring (bicyclic) bond motifs is 3. The summed E-state index contributed by atoms with van der Waals surface area (Å²) >= 11 is 0. The molecule has 0 bridgehead atoms. The molecule has 2 aliphatic rings. The van der Waals surface area contributed by atoms with Crippen LogP contribution in [0.2, 0.25) is 0 Å². The largest absolute Gasteiger partial charge is 0.382 e. The standard InChI is InChI=1S/C30H34N2O9/c1-4-32-24-9-7-18(12-21(24)22-13-19(8-10-25(22)32)29(35)30(2,3)36)28(34)23(16-37-14-20-15-39-20)31-41-26(33)6-5-11-38-27-17-40-27/h7-10,12-13,20,27,36H,4-6,11,14-17H2,1-3H3/b31-23+. The third-order valence-electron chi connectivity index (χ3n) is 6.86. The molecule has 2 saturated heterocycles. The number of Topliss-reactive ketones (excluding diaryl/α,β-unsaturated/α-hetero) is 2. The first-order valence-electron chi connectivity index (χ1n) is 13.7. The van der Waals surface area contributed by atoms with Crippen LogP contribution in [0, 0.1) is 0 Å². The summed E-state index contributed by atoms with van der Waals surface area (Å²) in [5, 5.41) is 15.7. The van der Waals surface area contributed by atoms with Crippen molar-refractivity contribution in [3.63, 3.8) is 0 Å². The van der Waals surface area contributed by atoms with Crippen LogP contribution < -0.4 is 0 Å². The molecule has 2 aliphatic heterocycles. The molecule has 1 aromatic heterocycles. The summed E-state index contributed by atoms with van der Waals surface area (Å²) in [4.78, 5) is 43.7. The van der Waals surface area contributed by atoms with Crippen LogP contribution in [0.1, 0.15) is 54.3 Å². The first-order chi connectivity index (χ1) is 19.7. The second kappa shape index (κ2) is 12.2. The minimum Gasteiger partial charge on any atom is -0.382 e. The van der Waals surface area contributed by atoms with Crippen molar-refractivity contribution in [3.05, 3.63) is 47.5 Å². The molecule has 2 aromatic carbocycles. The van der Waals surface area contributed by atoms with E-state index in [-0.39, 0.29) is 31.1 Å². The minimum absolute atomic E-state index is 0.0123. The van der Waals surface area contributed by atoms with E-state index in [0.29, 0.717) is 50.5 Å². The maximum atomic E-state index is 13.6. The highest BCUT2D eigenvalue weighted by molar-refractivity contribution is 6.46. The normalized spacial score (nSPS) is 18.6. The Morgan fingerprint density at radius 1 is 1.05 bits per heavy atom. The van der Waals surface area contributed by atoms with Crippen LogP contribution in [0.25, 0.3) is 21.8 Å². The Morgan fingerprint density at radius 2 is 1.71 bits per heavy atom. The van der Waals surface area contributed by atoms with Gasteiger partial charge in [0.2, 0.25) is 5.78 Å². The van der Waals surface area contributed by atoms with Gasteiger partial charge >= 0.3 is 5.97 Å². The van der Waals surface area contributed by atoms with Crippen LogP contribution in [0.4, 0.5) is 0 Å². The van der Waals surface area contributed by atoms with Gasteiger partial charge < -0.3 is 33.5 Å². The molecule has 0 spiro atoms. The Morgan fingerprint density at radius 3 is 2.32 bits per heavy atom. The predicted molar refractivity (Wildman–Crippen MR) is 149 cm³/mol. The lowest BCUT2D eigenvalue weighted by atomic mass is 9.95. The fourth-order valence-corrected chi connectivity index (χ4v) is 4.55. The highest BCUT2D eigenvalue weighted by Crippen LogP contribution is 2.32. The predicted octanol–water partition coefficient (Wildman–Crippen LogP) is 3.42. The molecule has 41 heavy (non-hydrogen) atoms. The maximum absolute atomic E-state index is 13.6. The van der Waals surface area contributed by atoms with Gasteiger partial charge in [0.25, 0.3) is 0 Å². The summed E-state index contributed by atoms with van der Waals surface area (Å²) in [6.07, 6.45) is 0.311. The molecular formula is C30H34N2O9. The first kappa shape index (κ1) is 29.0. The van der Waals surface area contributed by atoms with Crippen LogP contribution in [-0.4, -0.2) is 84.0 Å². The number of hydrogen-bond acceptors (Lipinski definition) is 10. The molecule has 1 N–H and O–H groups in total. The number of ether oxygens (including phenoxy) is 4. The molecule has 3 aromatic rings. The SMILES string of the molecule is CCn1c2ccc(C(=O)/C(COCC3CO3)=N/OC(=O)CCCOC3CO3)cc2c2cc(C(=O)C(C)(C)O)ccc21. The molecule has 0 amide bonds. The number of aliphatic hydroxyl groups is 1. The quantitative estimate of drug-likeness (QED) is 0.0731. The van der Waals surface area contributed by atoms with Gasteiger partial charge in [-0.1, -0.05) is 5.16 Å². The Balaban J connectivity index is 1.40. The van der Waals surface area contributed by atoms with E-state index < -0.39 is 23.1 Å². The average molecular weight is 567 g/mol. The maximum Gasteiger partial charge on any atom is 0.335 e. The van der Waals surface area contributed by atoms with Crippen molar-refractivity contribution in [1.29, 1.82) is 0 Å². The van der Waals surface area contributed by atoms with Gasteiger partial charge in [0.05, 0.1) is 32.8 Å². The zero-order valence-electron chi connectivity index (χ0n) is 23.4. The summed E-state index contributed by atoms with van der Waals surface area (Å²) in [7, 11) is 0. The van der Waals surface area contributed by atoms with Crippen LogP contribution in [-0.2, 0) is 35.1 Å². The Labute approximate surface area is 236 Å². The van der Waals surface area contributed by atoms with Crippen LogP contribution in [0.15, 0.2) is 41.6 Å². The van der Waals surface area contributed by atoms with E-state index in [0.717, 1.165) is 21.8 Å². The zero-order chi connectivity index (χ0) is 29.1. The number of aromatic nitrogens is 1. The van der Waals surface area contributed by atoms with E-state index in [4.69, 9.17) is 23.8 Å².